The summed E-state index contributed by atoms with van der Waals surface area (Å²) in [5.74, 6) is -0.290. The van der Waals surface area contributed by atoms with Gasteiger partial charge in [0.2, 0.25) is 0 Å². The van der Waals surface area contributed by atoms with Crippen molar-refractivity contribution in [3.8, 4) is 0 Å². The number of unbranched alkanes of at least 4 members (excludes halogenated alkanes) is 1. The minimum absolute atomic E-state index is 0.290. The highest BCUT2D eigenvalue weighted by Gasteiger charge is 2.05. The Balaban J connectivity index is 0.000000415. The number of benzene rings is 1. The van der Waals surface area contributed by atoms with Gasteiger partial charge >= 0.3 is 0 Å². The van der Waals surface area contributed by atoms with E-state index in [4.69, 9.17) is 4.52 Å². The number of rotatable bonds is 2. The molecular formula is C15H24FNO. The van der Waals surface area contributed by atoms with Crippen LogP contribution in [0.2, 0.25) is 0 Å². The van der Waals surface area contributed by atoms with Gasteiger partial charge in [-0.3, -0.25) is 0 Å². The minimum Gasteiger partial charge on any atom is -0.356 e. The van der Waals surface area contributed by atoms with Crippen molar-refractivity contribution in [3.05, 3.63) is 29.7 Å². The number of hydrogen-bond acceptors (Lipinski definition) is 2. The second kappa shape index (κ2) is 9.63. The predicted molar refractivity (Wildman–Crippen MR) is 75.3 cm³/mol. The first-order valence-electron chi connectivity index (χ1n) is 6.76. The first kappa shape index (κ1) is 16.6. The first-order valence-corrected chi connectivity index (χ1v) is 6.76. The smallest absolute Gasteiger partial charge is 0.170 e. The molecule has 0 radical (unpaired) electrons. The summed E-state index contributed by atoms with van der Waals surface area (Å²) in [6.45, 7) is 10.3. The molecule has 0 spiro atoms. The maximum atomic E-state index is 12.7. The monoisotopic (exact) mass is 253 g/mol. The summed E-state index contributed by atoms with van der Waals surface area (Å²) in [6, 6.07) is 4.46. The third-order valence-electron chi connectivity index (χ3n) is 2.34. The Morgan fingerprint density at radius 2 is 1.72 bits per heavy atom. The molecule has 1 aromatic heterocycles. The molecule has 0 aliphatic rings. The third kappa shape index (κ3) is 4.86. The van der Waals surface area contributed by atoms with Crippen LogP contribution < -0.4 is 0 Å². The fraction of sp³-hybridized carbons (Fsp3) is 0.533. The van der Waals surface area contributed by atoms with Gasteiger partial charge in [-0.1, -0.05) is 52.6 Å². The van der Waals surface area contributed by atoms with Gasteiger partial charge in [-0.15, -0.1) is 0 Å². The summed E-state index contributed by atoms with van der Waals surface area (Å²) in [5, 5.41) is 4.72. The maximum absolute atomic E-state index is 12.7. The van der Waals surface area contributed by atoms with Crippen LogP contribution in [0.4, 0.5) is 4.39 Å². The Kier molecular flexibility index (Phi) is 8.89. The van der Waals surface area contributed by atoms with Gasteiger partial charge in [-0.2, -0.15) is 0 Å². The van der Waals surface area contributed by atoms with Crippen molar-refractivity contribution in [1.82, 2.24) is 5.16 Å². The van der Waals surface area contributed by atoms with Crippen LogP contribution in [0.5, 0.6) is 0 Å². The molecule has 0 fully saturated rings. The molecule has 0 bridgehead atoms. The number of aromatic nitrogens is 1. The van der Waals surface area contributed by atoms with Crippen LogP contribution in [-0.2, 0) is 6.42 Å². The summed E-state index contributed by atoms with van der Waals surface area (Å²) in [7, 11) is 0. The van der Waals surface area contributed by atoms with Gasteiger partial charge in [-0.25, -0.2) is 4.39 Å². The molecule has 1 heterocycles. The van der Waals surface area contributed by atoms with Crippen LogP contribution in [0.15, 0.2) is 22.7 Å². The van der Waals surface area contributed by atoms with Crippen molar-refractivity contribution in [2.24, 2.45) is 0 Å². The number of hydrogen-bond donors (Lipinski definition) is 0. The van der Waals surface area contributed by atoms with Crippen LogP contribution in [0.3, 0.4) is 0 Å². The largest absolute Gasteiger partial charge is 0.356 e. The van der Waals surface area contributed by atoms with E-state index in [0.717, 1.165) is 17.5 Å². The van der Waals surface area contributed by atoms with E-state index < -0.39 is 0 Å². The zero-order chi connectivity index (χ0) is 14.0. The molecule has 102 valence electrons. The van der Waals surface area contributed by atoms with E-state index in [9.17, 15) is 4.39 Å². The molecule has 0 saturated heterocycles. The lowest BCUT2D eigenvalue weighted by Gasteiger charge is -1.88. The van der Waals surface area contributed by atoms with Gasteiger partial charge in [0, 0.05) is 11.5 Å². The van der Waals surface area contributed by atoms with Crippen molar-refractivity contribution in [3.63, 3.8) is 0 Å². The van der Waals surface area contributed by atoms with Crippen LogP contribution in [0.25, 0.3) is 11.0 Å². The quantitative estimate of drug-likeness (QED) is 0.720. The minimum atomic E-state index is -0.290. The van der Waals surface area contributed by atoms with E-state index in [2.05, 4.69) is 19.0 Å². The predicted octanol–water partition coefficient (Wildman–Crippen LogP) is 5.36. The lowest BCUT2D eigenvalue weighted by atomic mass is 10.2. The van der Waals surface area contributed by atoms with E-state index in [1.165, 1.54) is 25.0 Å². The SMILES string of the molecule is CC.CCCC.CCc1noc2cc(F)ccc12. The molecule has 0 unspecified atom stereocenters. The summed E-state index contributed by atoms with van der Waals surface area (Å²) in [6.07, 6.45) is 3.44. The zero-order valence-electron chi connectivity index (χ0n) is 12.1. The Morgan fingerprint density at radius 3 is 2.22 bits per heavy atom. The molecule has 2 aromatic rings. The molecule has 1 aromatic carbocycles. The first-order chi connectivity index (χ1) is 8.72. The molecule has 0 amide bonds. The maximum Gasteiger partial charge on any atom is 0.170 e. The topological polar surface area (TPSA) is 26.0 Å². The Labute approximate surface area is 109 Å². The van der Waals surface area contributed by atoms with Crippen molar-refractivity contribution in [2.75, 3.05) is 0 Å². The summed E-state index contributed by atoms with van der Waals surface area (Å²) >= 11 is 0. The van der Waals surface area contributed by atoms with Gasteiger partial charge in [0.1, 0.15) is 5.82 Å². The second-order valence-electron chi connectivity index (χ2n) is 3.62. The normalized spacial score (nSPS) is 9.22. The molecule has 2 nitrogen and oxygen atoms in total. The lowest BCUT2D eigenvalue weighted by molar-refractivity contribution is 0.445. The number of nitrogens with zero attached hydrogens (tertiary/aromatic N) is 1. The van der Waals surface area contributed by atoms with E-state index >= 15 is 0 Å². The number of fused-ring (bicyclic) bond motifs is 1. The van der Waals surface area contributed by atoms with Crippen LogP contribution >= 0.6 is 0 Å². The Bertz CT molecular complexity index is 435. The van der Waals surface area contributed by atoms with Gasteiger partial charge in [0.15, 0.2) is 5.58 Å². The fourth-order valence-electron chi connectivity index (χ4n) is 1.22. The van der Waals surface area contributed by atoms with E-state index in [1.54, 1.807) is 6.07 Å². The number of halogens is 1. The van der Waals surface area contributed by atoms with Gasteiger partial charge in [0.05, 0.1) is 5.69 Å². The van der Waals surface area contributed by atoms with Gasteiger partial charge in [-0.05, 0) is 18.6 Å². The molecule has 0 saturated carbocycles. The van der Waals surface area contributed by atoms with Gasteiger partial charge < -0.3 is 4.52 Å². The molecular weight excluding hydrogens is 229 g/mol. The fourth-order valence-corrected chi connectivity index (χ4v) is 1.22. The lowest BCUT2D eigenvalue weighted by Crippen LogP contribution is -1.78. The molecule has 0 aliphatic carbocycles. The zero-order valence-corrected chi connectivity index (χ0v) is 12.1. The highest BCUT2D eigenvalue weighted by molar-refractivity contribution is 5.79. The molecule has 2 rings (SSSR count). The second-order valence-corrected chi connectivity index (χ2v) is 3.62. The summed E-state index contributed by atoms with van der Waals surface area (Å²) in [4.78, 5) is 0. The van der Waals surface area contributed by atoms with Crippen LogP contribution in [0, 0.1) is 5.82 Å². The van der Waals surface area contributed by atoms with Crippen molar-refractivity contribution >= 4 is 11.0 Å². The molecule has 18 heavy (non-hydrogen) atoms. The average molecular weight is 253 g/mol. The average Bonchev–Trinajstić information content (AvgIpc) is 2.83. The Morgan fingerprint density at radius 1 is 1.11 bits per heavy atom. The highest BCUT2D eigenvalue weighted by atomic mass is 19.1. The molecule has 3 heteroatoms. The highest BCUT2D eigenvalue weighted by Crippen LogP contribution is 2.19. The van der Waals surface area contributed by atoms with Crippen LogP contribution in [-0.4, -0.2) is 5.16 Å². The van der Waals surface area contributed by atoms with E-state index in [0.29, 0.717) is 5.58 Å². The van der Waals surface area contributed by atoms with Crippen molar-refractivity contribution < 1.29 is 8.91 Å². The molecule has 0 aliphatic heterocycles. The third-order valence-corrected chi connectivity index (χ3v) is 2.34. The summed E-state index contributed by atoms with van der Waals surface area (Å²) < 4.78 is 17.6. The van der Waals surface area contributed by atoms with Crippen molar-refractivity contribution in [1.29, 1.82) is 0 Å². The standard InChI is InChI=1S/C9H8FNO.C4H10.C2H6/c1-2-8-7-4-3-6(10)5-9(7)12-11-8;1-3-4-2;1-2/h3-5H,2H2,1H3;3-4H2,1-2H3;1-2H3. The Hall–Kier alpha value is -1.38. The number of aryl methyl sites for hydroxylation is 1. The van der Waals surface area contributed by atoms with Gasteiger partial charge in [0.25, 0.3) is 0 Å². The van der Waals surface area contributed by atoms with E-state index in [-0.39, 0.29) is 5.82 Å². The van der Waals surface area contributed by atoms with Crippen LogP contribution in [0.1, 0.15) is 53.2 Å². The van der Waals surface area contributed by atoms with Crippen molar-refractivity contribution in [2.45, 2.75) is 53.9 Å². The summed E-state index contributed by atoms with van der Waals surface area (Å²) in [5.41, 5.74) is 1.40. The molecule has 0 N–H and O–H groups in total. The molecule has 0 atom stereocenters. The van der Waals surface area contributed by atoms with E-state index in [1.807, 2.05) is 20.8 Å².